The van der Waals surface area contributed by atoms with Crippen LogP contribution >= 0.6 is 0 Å². The van der Waals surface area contributed by atoms with Crippen LogP contribution in [0.1, 0.15) is 32.8 Å². The van der Waals surface area contributed by atoms with E-state index in [0.717, 1.165) is 0 Å². The minimum Gasteiger partial charge on any atom is -0.294 e. The highest BCUT2D eigenvalue weighted by molar-refractivity contribution is 5.95. The molecule has 0 unspecified atom stereocenters. The monoisotopic (exact) mass is 150 g/mol. The molecular formula is C10H12O. The first kappa shape index (κ1) is 5.53. The van der Waals surface area contributed by atoms with Gasteiger partial charge in [0.2, 0.25) is 0 Å². The van der Waals surface area contributed by atoms with Crippen LogP contribution in [0.2, 0.25) is 0 Å². The van der Waals surface area contributed by atoms with E-state index < -0.39 is 12.2 Å². The van der Waals surface area contributed by atoms with Gasteiger partial charge in [0.05, 0.1) is 0 Å². The van der Waals surface area contributed by atoms with Crippen molar-refractivity contribution in [3.05, 3.63) is 35.9 Å². The molecule has 0 fully saturated rings. The summed E-state index contributed by atoms with van der Waals surface area (Å²) in [4.78, 5) is 11.5. The van der Waals surface area contributed by atoms with Gasteiger partial charge in [0.15, 0.2) is 5.78 Å². The van der Waals surface area contributed by atoms with E-state index in [4.69, 9.17) is 2.74 Å². The zero-order valence-corrected chi connectivity index (χ0v) is 6.50. The fraction of sp³-hybridized carbons (Fsp3) is 0.300. The number of hydrogen-bond acceptors (Lipinski definition) is 1. The SMILES string of the molecule is [2H]C([2H])(CC)C(=O)c1ccccc1. The average molecular weight is 150 g/mol. The number of rotatable bonds is 3. The second kappa shape index (κ2) is 3.91. The molecule has 0 aromatic heterocycles. The smallest absolute Gasteiger partial charge is 0.162 e. The van der Waals surface area contributed by atoms with Gasteiger partial charge in [0, 0.05) is 14.7 Å². The molecule has 1 aromatic rings. The predicted octanol–water partition coefficient (Wildman–Crippen LogP) is 2.67. The van der Waals surface area contributed by atoms with E-state index in [1.165, 1.54) is 0 Å². The molecule has 58 valence electrons. The van der Waals surface area contributed by atoms with E-state index >= 15 is 0 Å². The summed E-state index contributed by atoms with van der Waals surface area (Å²) < 4.78 is 14.9. The van der Waals surface area contributed by atoms with Gasteiger partial charge in [-0.25, -0.2) is 0 Å². The normalized spacial score (nSPS) is 13.5. The molecule has 1 nitrogen and oxygen atoms in total. The molecule has 0 saturated heterocycles. The Morgan fingerprint density at radius 3 is 2.64 bits per heavy atom. The van der Waals surface area contributed by atoms with Crippen molar-refractivity contribution in [3.8, 4) is 0 Å². The summed E-state index contributed by atoms with van der Waals surface area (Å²) in [6.07, 6.45) is -1.53. The lowest BCUT2D eigenvalue weighted by molar-refractivity contribution is 0.0982. The lowest BCUT2D eigenvalue weighted by atomic mass is 10.1. The van der Waals surface area contributed by atoms with Crippen molar-refractivity contribution in [2.24, 2.45) is 0 Å². The molecule has 0 N–H and O–H groups in total. The van der Waals surface area contributed by atoms with Crippen LogP contribution in [-0.2, 0) is 0 Å². The molecule has 11 heavy (non-hydrogen) atoms. The van der Waals surface area contributed by atoms with E-state index in [0.29, 0.717) is 5.56 Å². The molecule has 0 amide bonds. The first-order chi connectivity index (χ1) is 6.08. The zero-order chi connectivity index (χ0) is 9.90. The van der Waals surface area contributed by atoms with E-state index in [2.05, 4.69) is 0 Å². The summed E-state index contributed by atoms with van der Waals surface area (Å²) in [6.45, 7) is 1.67. The molecule has 0 aliphatic heterocycles. The maximum atomic E-state index is 11.5. The summed E-state index contributed by atoms with van der Waals surface area (Å²) in [6, 6.07) is 8.54. The largest absolute Gasteiger partial charge is 0.294 e. The quantitative estimate of drug-likeness (QED) is 0.605. The van der Waals surface area contributed by atoms with Crippen LogP contribution in [0, 0.1) is 0 Å². The standard InChI is InChI=1S/C10H12O/c1-2-6-10(11)9-7-4-3-5-8-9/h3-5,7-8H,2,6H2,1H3/i6D2. The highest BCUT2D eigenvalue weighted by atomic mass is 16.1. The van der Waals surface area contributed by atoms with Crippen molar-refractivity contribution in [3.63, 3.8) is 0 Å². The van der Waals surface area contributed by atoms with Crippen LogP contribution in [0.3, 0.4) is 0 Å². The van der Waals surface area contributed by atoms with Gasteiger partial charge < -0.3 is 0 Å². The molecule has 0 atom stereocenters. The van der Waals surface area contributed by atoms with Gasteiger partial charge in [-0.15, -0.1) is 0 Å². The lowest BCUT2D eigenvalue weighted by Gasteiger charge is -1.96. The minimum absolute atomic E-state index is 0.209. The number of ketones is 1. The van der Waals surface area contributed by atoms with Gasteiger partial charge in [-0.3, -0.25) is 4.79 Å². The van der Waals surface area contributed by atoms with Crippen LogP contribution in [-0.4, -0.2) is 5.78 Å². The van der Waals surface area contributed by atoms with Crippen molar-refractivity contribution in [2.45, 2.75) is 19.7 Å². The third kappa shape index (κ3) is 2.19. The van der Waals surface area contributed by atoms with Crippen molar-refractivity contribution >= 4 is 5.78 Å². The lowest BCUT2D eigenvalue weighted by Crippen LogP contribution is -1.96. The Morgan fingerprint density at radius 1 is 1.45 bits per heavy atom. The maximum absolute atomic E-state index is 11.5. The Hall–Kier alpha value is -1.11. The van der Waals surface area contributed by atoms with Crippen molar-refractivity contribution in [1.82, 2.24) is 0 Å². The van der Waals surface area contributed by atoms with E-state index in [9.17, 15) is 4.79 Å². The molecule has 0 spiro atoms. The number of Topliss-reactive ketones (excluding diaryl/α,β-unsaturated/α-hetero) is 1. The molecule has 0 saturated carbocycles. The first-order valence-corrected chi connectivity index (χ1v) is 3.68. The highest BCUT2D eigenvalue weighted by Gasteiger charge is 2.01. The Morgan fingerprint density at radius 2 is 2.09 bits per heavy atom. The molecule has 0 aliphatic rings. The average Bonchev–Trinajstić information content (AvgIpc) is 2.18. The molecular weight excluding hydrogens is 136 g/mol. The number of hydrogen-bond donors (Lipinski definition) is 0. The van der Waals surface area contributed by atoms with Crippen molar-refractivity contribution in [1.29, 1.82) is 0 Å². The zero-order valence-electron chi connectivity index (χ0n) is 8.50. The fourth-order valence-electron chi connectivity index (χ4n) is 0.852. The van der Waals surface area contributed by atoms with E-state index in [-0.39, 0.29) is 6.42 Å². The van der Waals surface area contributed by atoms with Gasteiger partial charge in [0.25, 0.3) is 0 Å². The third-order valence-corrected chi connectivity index (χ3v) is 1.37. The summed E-state index contributed by atoms with van der Waals surface area (Å²) in [5.74, 6) is -0.435. The Kier molecular flexibility index (Phi) is 1.97. The minimum atomic E-state index is -1.73. The molecule has 0 aliphatic carbocycles. The summed E-state index contributed by atoms with van der Waals surface area (Å²) in [5, 5.41) is 0. The summed E-state index contributed by atoms with van der Waals surface area (Å²) in [7, 11) is 0. The predicted molar refractivity (Wildman–Crippen MR) is 45.7 cm³/mol. The number of carbonyl (C=O) groups excluding carboxylic acids is 1. The molecule has 0 heterocycles. The van der Waals surface area contributed by atoms with Gasteiger partial charge in [0.1, 0.15) is 0 Å². The van der Waals surface area contributed by atoms with Crippen LogP contribution in [0.15, 0.2) is 30.3 Å². The van der Waals surface area contributed by atoms with E-state index in [1.54, 1.807) is 37.3 Å². The topological polar surface area (TPSA) is 17.1 Å². The molecule has 1 rings (SSSR count). The van der Waals surface area contributed by atoms with Crippen LogP contribution < -0.4 is 0 Å². The highest BCUT2D eigenvalue weighted by Crippen LogP contribution is 2.03. The summed E-state index contributed by atoms with van der Waals surface area (Å²) >= 11 is 0. The Bertz CT molecular complexity index is 293. The van der Waals surface area contributed by atoms with Gasteiger partial charge in [-0.1, -0.05) is 37.3 Å². The molecule has 1 heteroatoms. The number of carbonyl (C=O) groups is 1. The van der Waals surface area contributed by atoms with Crippen molar-refractivity contribution in [2.75, 3.05) is 0 Å². The van der Waals surface area contributed by atoms with Crippen LogP contribution in [0.25, 0.3) is 0 Å². The van der Waals surface area contributed by atoms with Crippen LogP contribution in [0.4, 0.5) is 0 Å². The third-order valence-electron chi connectivity index (χ3n) is 1.37. The number of benzene rings is 1. The fourth-order valence-corrected chi connectivity index (χ4v) is 0.852. The molecule has 0 bridgehead atoms. The van der Waals surface area contributed by atoms with Gasteiger partial charge in [-0.05, 0) is 6.42 Å². The second-order valence-electron chi connectivity index (χ2n) is 2.23. The Balaban J connectivity index is 2.93. The van der Waals surface area contributed by atoms with Crippen LogP contribution in [0.5, 0.6) is 0 Å². The maximum Gasteiger partial charge on any atom is 0.162 e. The van der Waals surface area contributed by atoms with Gasteiger partial charge in [-0.2, -0.15) is 0 Å². The Labute approximate surface area is 69.9 Å². The van der Waals surface area contributed by atoms with Gasteiger partial charge >= 0.3 is 0 Å². The summed E-state index contributed by atoms with van der Waals surface area (Å²) in [5.41, 5.74) is 0.439. The second-order valence-corrected chi connectivity index (χ2v) is 2.23. The van der Waals surface area contributed by atoms with Crippen molar-refractivity contribution < 1.29 is 7.54 Å². The molecule has 1 aromatic carbocycles. The molecule has 0 radical (unpaired) electrons. The van der Waals surface area contributed by atoms with E-state index in [1.807, 2.05) is 0 Å². The first-order valence-electron chi connectivity index (χ1n) is 4.68.